The molecule has 0 spiro atoms. The second-order valence-corrected chi connectivity index (χ2v) is 9.11. The van der Waals surface area contributed by atoms with Gasteiger partial charge in [0, 0.05) is 37.5 Å². The summed E-state index contributed by atoms with van der Waals surface area (Å²) < 4.78 is 32.5. The van der Waals surface area contributed by atoms with Crippen LogP contribution in [-0.2, 0) is 14.8 Å². The van der Waals surface area contributed by atoms with Crippen molar-refractivity contribution in [3.8, 4) is 17.0 Å². The largest absolute Gasteiger partial charge is 0.481 e. The van der Waals surface area contributed by atoms with Crippen molar-refractivity contribution in [2.24, 2.45) is 0 Å². The fourth-order valence-corrected chi connectivity index (χ4v) is 4.90. The standard InChI is InChI=1S/C20H25N3O4S/c1-13-8-16(28(25,26)23-11-15(3)22(4)20(24)12-23)6-7-17(13)18-10-21-19(27-5)9-14(18)2/h6-10,15H,11-12H2,1-5H3/t15-/m1/s1. The van der Waals surface area contributed by atoms with Gasteiger partial charge < -0.3 is 9.64 Å². The molecule has 1 atom stereocenters. The minimum atomic E-state index is -3.74. The van der Waals surface area contributed by atoms with Crippen molar-refractivity contribution < 1.29 is 17.9 Å². The molecular formula is C20H25N3O4S. The maximum absolute atomic E-state index is 13.1. The molecule has 8 heteroatoms. The Bertz CT molecular complexity index is 1020. The number of carbonyl (C=O) groups is 1. The Labute approximate surface area is 166 Å². The molecule has 150 valence electrons. The highest BCUT2D eigenvalue weighted by atomic mass is 32.2. The topological polar surface area (TPSA) is 79.8 Å². The maximum Gasteiger partial charge on any atom is 0.243 e. The molecule has 28 heavy (non-hydrogen) atoms. The van der Waals surface area contributed by atoms with Crippen LogP contribution in [0.2, 0.25) is 0 Å². The summed E-state index contributed by atoms with van der Waals surface area (Å²) in [6.07, 6.45) is 1.73. The molecule has 0 saturated carbocycles. The van der Waals surface area contributed by atoms with E-state index in [9.17, 15) is 13.2 Å². The highest BCUT2D eigenvalue weighted by Gasteiger charge is 2.35. The summed E-state index contributed by atoms with van der Waals surface area (Å²) in [4.78, 5) is 18.1. The van der Waals surface area contributed by atoms with Crippen LogP contribution in [0.1, 0.15) is 18.1 Å². The Kier molecular flexibility index (Phi) is 5.45. The number of amides is 1. The van der Waals surface area contributed by atoms with E-state index in [2.05, 4.69) is 4.98 Å². The lowest BCUT2D eigenvalue weighted by atomic mass is 9.99. The molecule has 0 aliphatic carbocycles. The van der Waals surface area contributed by atoms with Crippen molar-refractivity contribution in [2.75, 3.05) is 27.2 Å². The van der Waals surface area contributed by atoms with Gasteiger partial charge in [0.1, 0.15) is 0 Å². The van der Waals surface area contributed by atoms with Crippen LogP contribution >= 0.6 is 0 Å². The summed E-state index contributed by atoms with van der Waals surface area (Å²) in [6.45, 7) is 5.82. The third kappa shape index (κ3) is 3.62. The number of rotatable bonds is 4. The first-order chi connectivity index (χ1) is 13.1. The van der Waals surface area contributed by atoms with Crippen molar-refractivity contribution in [3.05, 3.63) is 41.6 Å². The molecule has 1 fully saturated rings. The number of benzene rings is 1. The van der Waals surface area contributed by atoms with E-state index >= 15 is 0 Å². The smallest absolute Gasteiger partial charge is 0.243 e. The summed E-state index contributed by atoms with van der Waals surface area (Å²) in [7, 11) is -0.482. The van der Waals surface area contributed by atoms with E-state index in [1.807, 2.05) is 26.8 Å². The minimum absolute atomic E-state index is 0.133. The normalized spacial score (nSPS) is 18.4. The molecule has 0 unspecified atom stereocenters. The molecule has 3 rings (SSSR count). The van der Waals surface area contributed by atoms with Crippen LogP contribution in [0.15, 0.2) is 35.4 Å². The summed E-state index contributed by atoms with van der Waals surface area (Å²) in [6, 6.07) is 6.72. The van der Waals surface area contributed by atoms with E-state index in [0.29, 0.717) is 5.88 Å². The van der Waals surface area contributed by atoms with Gasteiger partial charge in [-0.15, -0.1) is 0 Å². The van der Waals surface area contributed by atoms with Crippen molar-refractivity contribution >= 4 is 15.9 Å². The summed E-state index contributed by atoms with van der Waals surface area (Å²) in [5.74, 6) is 0.336. The fraction of sp³-hybridized carbons (Fsp3) is 0.400. The van der Waals surface area contributed by atoms with Gasteiger partial charge >= 0.3 is 0 Å². The first kappa shape index (κ1) is 20.3. The van der Waals surface area contributed by atoms with Gasteiger partial charge in [-0.3, -0.25) is 4.79 Å². The summed E-state index contributed by atoms with van der Waals surface area (Å²) in [5, 5.41) is 0. The molecule has 0 radical (unpaired) electrons. The lowest BCUT2D eigenvalue weighted by Crippen LogP contribution is -2.55. The van der Waals surface area contributed by atoms with Gasteiger partial charge in [0.25, 0.3) is 0 Å². The van der Waals surface area contributed by atoms with Crippen LogP contribution in [0, 0.1) is 13.8 Å². The van der Waals surface area contributed by atoms with E-state index in [1.54, 1.807) is 43.5 Å². The van der Waals surface area contributed by atoms with Gasteiger partial charge in [-0.2, -0.15) is 4.31 Å². The molecule has 1 aliphatic rings. The molecule has 0 N–H and O–H groups in total. The van der Waals surface area contributed by atoms with Gasteiger partial charge in [-0.25, -0.2) is 13.4 Å². The van der Waals surface area contributed by atoms with Gasteiger partial charge in [-0.05, 0) is 49.6 Å². The number of aromatic nitrogens is 1. The van der Waals surface area contributed by atoms with Crippen LogP contribution in [-0.4, -0.2) is 61.8 Å². The summed E-state index contributed by atoms with van der Waals surface area (Å²) >= 11 is 0. The van der Waals surface area contributed by atoms with E-state index < -0.39 is 10.0 Å². The Morgan fingerprint density at radius 3 is 2.39 bits per heavy atom. The molecule has 1 saturated heterocycles. The lowest BCUT2D eigenvalue weighted by Gasteiger charge is -2.36. The van der Waals surface area contributed by atoms with Crippen molar-refractivity contribution in [2.45, 2.75) is 31.7 Å². The van der Waals surface area contributed by atoms with Crippen molar-refractivity contribution in [1.82, 2.24) is 14.2 Å². The Morgan fingerprint density at radius 2 is 1.82 bits per heavy atom. The second kappa shape index (κ2) is 7.52. The lowest BCUT2D eigenvalue weighted by molar-refractivity contribution is -0.135. The zero-order valence-electron chi connectivity index (χ0n) is 16.8. The van der Waals surface area contributed by atoms with Crippen molar-refractivity contribution in [3.63, 3.8) is 0 Å². The van der Waals surface area contributed by atoms with E-state index in [0.717, 1.165) is 22.3 Å². The molecule has 2 aromatic rings. The Hall–Kier alpha value is -2.45. The second-order valence-electron chi connectivity index (χ2n) is 7.17. The number of carbonyl (C=O) groups excluding carboxylic acids is 1. The van der Waals surface area contributed by atoms with Crippen molar-refractivity contribution in [1.29, 1.82) is 0 Å². The summed E-state index contributed by atoms with van der Waals surface area (Å²) in [5.41, 5.74) is 3.65. The molecule has 1 aromatic heterocycles. The fourth-order valence-electron chi connectivity index (χ4n) is 3.34. The Balaban J connectivity index is 1.95. The number of hydrogen-bond acceptors (Lipinski definition) is 5. The highest BCUT2D eigenvalue weighted by molar-refractivity contribution is 7.89. The third-order valence-electron chi connectivity index (χ3n) is 5.25. The number of piperazine rings is 1. The SMILES string of the molecule is COc1cc(C)c(-c2ccc(S(=O)(=O)N3CC(=O)N(C)[C@H](C)C3)cc2C)cn1. The number of nitrogens with zero attached hydrogens (tertiary/aromatic N) is 3. The van der Waals surface area contributed by atoms with E-state index in [4.69, 9.17) is 4.74 Å². The maximum atomic E-state index is 13.1. The first-order valence-electron chi connectivity index (χ1n) is 9.02. The monoisotopic (exact) mass is 403 g/mol. The molecule has 0 bridgehead atoms. The molecule has 1 amide bonds. The number of methoxy groups -OCH3 is 1. The number of hydrogen-bond donors (Lipinski definition) is 0. The number of pyridine rings is 1. The number of likely N-dealkylation sites (N-methyl/N-ethyl adjacent to an activating group) is 1. The van der Waals surface area contributed by atoms with Gasteiger partial charge in [0.15, 0.2) is 0 Å². The minimum Gasteiger partial charge on any atom is -0.481 e. The molecule has 2 heterocycles. The zero-order chi connectivity index (χ0) is 20.6. The van der Waals surface area contributed by atoms with Crippen LogP contribution in [0.3, 0.4) is 0 Å². The average Bonchev–Trinajstić information content (AvgIpc) is 2.65. The van der Waals surface area contributed by atoms with E-state index in [-0.39, 0.29) is 29.9 Å². The van der Waals surface area contributed by atoms with Gasteiger partial charge in [0.05, 0.1) is 18.6 Å². The average molecular weight is 404 g/mol. The molecule has 7 nitrogen and oxygen atoms in total. The predicted octanol–water partition coefficient (Wildman–Crippen LogP) is 2.23. The first-order valence-corrected chi connectivity index (χ1v) is 10.5. The van der Waals surface area contributed by atoms with Crippen LogP contribution in [0.4, 0.5) is 0 Å². The number of ether oxygens (including phenoxy) is 1. The van der Waals surface area contributed by atoms with Gasteiger partial charge in [0.2, 0.25) is 21.8 Å². The van der Waals surface area contributed by atoms with Crippen LogP contribution < -0.4 is 4.74 Å². The number of sulfonamides is 1. The van der Waals surface area contributed by atoms with Crippen LogP contribution in [0.25, 0.3) is 11.1 Å². The van der Waals surface area contributed by atoms with E-state index in [1.165, 1.54) is 4.31 Å². The van der Waals surface area contributed by atoms with Crippen LogP contribution in [0.5, 0.6) is 5.88 Å². The molecule has 1 aromatic carbocycles. The predicted molar refractivity (Wildman–Crippen MR) is 107 cm³/mol. The Morgan fingerprint density at radius 1 is 1.14 bits per heavy atom. The zero-order valence-corrected chi connectivity index (χ0v) is 17.6. The highest BCUT2D eigenvalue weighted by Crippen LogP contribution is 2.30. The quantitative estimate of drug-likeness (QED) is 0.782. The number of aryl methyl sites for hydroxylation is 2. The van der Waals surface area contributed by atoms with Gasteiger partial charge in [-0.1, -0.05) is 6.07 Å². The molecular weight excluding hydrogens is 378 g/mol. The third-order valence-corrected chi connectivity index (χ3v) is 7.06. The molecule has 1 aliphatic heterocycles.